The second-order valence-electron chi connectivity index (χ2n) is 10.8. The maximum Gasteiger partial charge on any atom is 0.410 e. The highest BCUT2D eigenvalue weighted by Gasteiger charge is 2.61. The van der Waals surface area contributed by atoms with Gasteiger partial charge in [-0.3, -0.25) is 9.48 Å². The first kappa shape index (κ1) is 20.3. The maximum atomic E-state index is 13.1. The van der Waals surface area contributed by atoms with Crippen LogP contribution >= 0.6 is 0 Å². The van der Waals surface area contributed by atoms with Crippen LogP contribution in [0.5, 0.6) is 0 Å². The van der Waals surface area contributed by atoms with Gasteiger partial charge in [0.2, 0.25) is 5.91 Å². The van der Waals surface area contributed by atoms with E-state index in [2.05, 4.69) is 28.2 Å². The lowest BCUT2D eigenvalue weighted by Crippen LogP contribution is -2.44. The summed E-state index contributed by atoms with van der Waals surface area (Å²) in [7, 11) is 0. The highest BCUT2D eigenvalue weighted by Crippen LogP contribution is 2.52. The average Bonchev–Trinajstić information content (AvgIpc) is 2.99. The third kappa shape index (κ3) is 3.48. The maximum absolute atomic E-state index is 13.1. The molecule has 2 aromatic rings. The summed E-state index contributed by atoms with van der Waals surface area (Å²) in [6, 6.07) is 6.38. The molecule has 0 spiro atoms. The molecule has 2 aliphatic heterocycles. The SMILES string of the molecule is CC(C)(C)OC(=O)N1C[C@@H]2[C@H](C1)[C@H]2C(=O)NC(C)(C)c1nn2c3c(cccc13)CCC2. The molecule has 5 rings (SSSR count). The second-order valence-corrected chi connectivity index (χ2v) is 10.8. The van der Waals surface area contributed by atoms with Crippen LogP contribution in [0.2, 0.25) is 0 Å². The first-order valence-corrected chi connectivity index (χ1v) is 11.3. The minimum atomic E-state index is -0.564. The summed E-state index contributed by atoms with van der Waals surface area (Å²) in [6.07, 6.45) is 1.89. The predicted octanol–water partition coefficient (Wildman–Crippen LogP) is 3.45. The number of hydrogen-bond acceptors (Lipinski definition) is 4. The van der Waals surface area contributed by atoms with Crippen molar-refractivity contribution in [2.75, 3.05) is 13.1 Å². The molecule has 1 saturated carbocycles. The van der Waals surface area contributed by atoms with Crippen molar-refractivity contribution in [2.24, 2.45) is 17.8 Å². The van der Waals surface area contributed by atoms with Crippen LogP contribution in [-0.4, -0.2) is 45.4 Å². The van der Waals surface area contributed by atoms with Crippen molar-refractivity contribution < 1.29 is 14.3 Å². The van der Waals surface area contributed by atoms with Crippen molar-refractivity contribution in [1.29, 1.82) is 0 Å². The Morgan fingerprint density at radius 1 is 1.13 bits per heavy atom. The number of piperidine rings is 1. The molecule has 7 heteroatoms. The Morgan fingerprint density at radius 3 is 2.52 bits per heavy atom. The van der Waals surface area contributed by atoms with E-state index >= 15 is 0 Å². The van der Waals surface area contributed by atoms with Crippen molar-refractivity contribution in [3.63, 3.8) is 0 Å². The van der Waals surface area contributed by atoms with Gasteiger partial charge in [-0.2, -0.15) is 5.10 Å². The van der Waals surface area contributed by atoms with Crippen LogP contribution in [0.15, 0.2) is 18.2 Å². The Balaban J connectivity index is 1.27. The van der Waals surface area contributed by atoms with Gasteiger partial charge in [0, 0.05) is 30.9 Å². The smallest absolute Gasteiger partial charge is 0.410 e. The number of likely N-dealkylation sites (tertiary alicyclic amines) is 1. The van der Waals surface area contributed by atoms with E-state index in [-0.39, 0.29) is 29.8 Å². The van der Waals surface area contributed by atoms with Crippen LogP contribution < -0.4 is 5.32 Å². The number of fused-ring (bicyclic) bond motifs is 1. The number of aromatic nitrogens is 2. The van der Waals surface area contributed by atoms with Gasteiger partial charge in [-0.15, -0.1) is 0 Å². The minimum absolute atomic E-state index is 0.0300. The minimum Gasteiger partial charge on any atom is -0.444 e. The van der Waals surface area contributed by atoms with Crippen LogP contribution in [0.4, 0.5) is 4.79 Å². The summed E-state index contributed by atoms with van der Waals surface area (Å²) in [6.45, 7) is 11.8. The number of amides is 2. The molecule has 2 amide bonds. The molecule has 2 fully saturated rings. The van der Waals surface area contributed by atoms with Gasteiger partial charge in [-0.1, -0.05) is 18.2 Å². The number of nitrogens with zero attached hydrogens (tertiary/aromatic N) is 3. The summed E-state index contributed by atoms with van der Waals surface area (Å²) in [5, 5.41) is 9.30. The number of aryl methyl sites for hydroxylation is 2. The molecule has 1 N–H and O–H groups in total. The third-order valence-electron chi connectivity index (χ3n) is 6.85. The van der Waals surface area contributed by atoms with Gasteiger partial charge in [-0.25, -0.2) is 4.79 Å². The lowest BCUT2D eigenvalue weighted by molar-refractivity contribution is -0.125. The second kappa shape index (κ2) is 6.71. The first-order valence-electron chi connectivity index (χ1n) is 11.3. The lowest BCUT2D eigenvalue weighted by Gasteiger charge is -2.27. The number of carbonyl (C=O) groups excluding carboxylic acids is 2. The van der Waals surface area contributed by atoms with Crippen molar-refractivity contribution >= 4 is 22.9 Å². The van der Waals surface area contributed by atoms with E-state index in [9.17, 15) is 9.59 Å². The average molecular weight is 425 g/mol. The summed E-state index contributed by atoms with van der Waals surface area (Å²) >= 11 is 0. The molecule has 7 nitrogen and oxygen atoms in total. The molecule has 1 aromatic heterocycles. The zero-order valence-electron chi connectivity index (χ0n) is 19.1. The fourth-order valence-corrected chi connectivity index (χ4v) is 5.40. The van der Waals surface area contributed by atoms with Gasteiger partial charge in [0.05, 0.1) is 16.7 Å². The zero-order valence-corrected chi connectivity index (χ0v) is 19.1. The highest BCUT2D eigenvalue weighted by atomic mass is 16.6. The number of rotatable bonds is 3. The Bertz CT molecular complexity index is 1050. The molecule has 166 valence electrons. The van der Waals surface area contributed by atoms with Gasteiger partial charge in [-0.05, 0) is 64.9 Å². The van der Waals surface area contributed by atoms with Crippen LogP contribution in [0.3, 0.4) is 0 Å². The molecule has 0 unspecified atom stereocenters. The van der Waals surface area contributed by atoms with Gasteiger partial charge >= 0.3 is 6.09 Å². The van der Waals surface area contributed by atoms with Gasteiger partial charge in [0.1, 0.15) is 5.60 Å². The largest absolute Gasteiger partial charge is 0.444 e. The summed E-state index contributed by atoms with van der Waals surface area (Å²) in [4.78, 5) is 27.2. The lowest BCUT2D eigenvalue weighted by atomic mass is 9.94. The quantitative estimate of drug-likeness (QED) is 0.819. The molecule has 3 aliphatic rings. The monoisotopic (exact) mass is 424 g/mol. The summed E-state index contributed by atoms with van der Waals surface area (Å²) < 4.78 is 7.57. The van der Waals surface area contributed by atoms with Crippen LogP contribution in [0.25, 0.3) is 10.9 Å². The van der Waals surface area contributed by atoms with E-state index in [0.29, 0.717) is 13.1 Å². The third-order valence-corrected chi connectivity index (χ3v) is 6.85. The van der Waals surface area contributed by atoms with Crippen LogP contribution in [0, 0.1) is 17.8 Å². The van der Waals surface area contributed by atoms with Crippen LogP contribution in [-0.2, 0) is 28.0 Å². The van der Waals surface area contributed by atoms with Crippen molar-refractivity contribution in [1.82, 2.24) is 20.0 Å². The van der Waals surface area contributed by atoms with E-state index < -0.39 is 11.1 Å². The molecule has 1 saturated heterocycles. The Kier molecular flexibility index (Phi) is 4.40. The standard InChI is InChI=1S/C24H32N4O3/c1-23(2,3)31-22(30)27-12-16-17(13-27)18(16)21(29)25-24(4,5)20-15-10-6-8-14-9-7-11-28(26-20)19(14)15/h6,8,10,16-18H,7,9,11-13H2,1-5H3,(H,25,29)/t16-,17+,18+. The van der Waals surface area contributed by atoms with Crippen molar-refractivity contribution in [2.45, 2.75) is 65.1 Å². The zero-order chi connectivity index (χ0) is 22.1. The van der Waals surface area contributed by atoms with E-state index in [4.69, 9.17) is 9.84 Å². The van der Waals surface area contributed by atoms with E-state index in [0.717, 1.165) is 30.5 Å². The molecule has 3 heterocycles. The number of carbonyl (C=O) groups is 2. The molecule has 1 aromatic carbocycles. The first-order chi connectivity index (χ1) is 14.5. The van der Waals surface area contributed by atoms with Crippen LogP contribution in [0.1, 0.15) is 52.3 Å². The fraction of sp³-hybridized carbons (Fsp3) is 0.625. The number of nitrogens with one attached hydrogen (secondary N) is 1. The molecule has 31 heavy (non-hydrogen) atoms. The van der Waals surface area contributed by atoms with Crippen molar-refractivity contribution in [3.05, 3.63) is 29.5 Å². The summed E-state index contributed by atoms with van der Waals surface area (Å²) in [5.74, 6) is 0.493. The number of benzene rings is 1. The highest BCUT2D eigenvalue weighted by molar-refractivity contribution is 5.88. The number of para-hydroxylation sites is 1. The van der Waals surface area contributed by atoms with Gasteiger partial charge < -0.3 is 15.0 Å². The molecular weight excluding hydrogens is 392 g/mol. The molecule has 3 atom stereocenters. The molecule has 0 radical (unpaired) electrons. The number of ether oxygens (including phenoxy) is 1. The molecule has 1 aliphatic carbocycles. The van der Waals surface area contributed by atoms with Gasteiger partial charge in [0.25, 0.3) is 0 Å². The van der Waals surface area contributed by atoms with Crippen molar-refractivity contribution in [3.8, 4) is 0 Å². The number of hydrogen-bond donors (Lipinski definition) is 1. The predicted molar refractivity (Wildman–Crippen MR) is 117 cm³/mol. The molecule has 0 bridgehead atoms. The Labute approximate surface area is 183 Å². The topological polar surface area (TPSA) is 76.5 Å². The molecular formula is C24H32N4O3. The fourth-order valence-electron chi connectivity index (χ4n) is 5.40. The summed E-state index contributed by atoms with van der Waals surface area (Å²) in [5.41, 5.74) is 2.41. The normalized spacial score (nSPS) is 24.8. The van der Waals surface area contributed by atoms with E-state index in [1.54, 1.807) is 4.90 Å². The van der Waals surface area contributed by atoms with Gasteiger partial charge in [0.15, 0.2) is 0 Å². The Morgan fingerprint density at radius 2 is 1.84 bits per heavy atom. The van der Waals surface area contributed by atoms with E-state index in [1.165, 1.54) is 11.1 Å². The Hall–Kier alpha value is -2.57. The van der Waals surface area contributed by atoms with E-state index in [1.807, 2.05) is 34.6 Å².